The number of benzene rings is 3. The molecule has 0 bridgehead atoms. The van der Waals surface area contributed by atoms with Crippen LogP contribution in [0.5, 0.6) is 5.75 Å². The number of aromatic nitrogens is 2. The Kier molecular flexibility index (Phi) is 6.80. The number of aromatic amines is 1. The summed E-state index contributed by atoms with van der Waals surface area (Å²) in [6.45, 7) is 0. The van der Waals surface area contributed by atoms with Gasteiger partial charge in [-0.15, -0.1) is 5.10 Å². The average Bonchev–Trinajstić information content (AvgIpc) is 3.22. The van der Waals surface area contributed by atoms with Crippen LogP contribution in [0.2, 0.25) is 5.02 Å². The molecule has 1 fully saturated rings. The normalized spacial score (nSPS) is 14.6. The first-order chi connectivity index (χ1) is 17.9. The number of allylic oxidation sites excluding steroid dienone is 1. The lowest BCUT2D eigenvalue weighted by atomic mass is 9.73. The van der Waals surface area contributed by atoms with Crippen molar-refractivity contribution in [1.82, 2.24) is 10.2 Å². The second-order valence-corrected chi connectivity index (χ2v) is 9.35. The minimum atomic E-state index is -1.17. The third-order valence-corrected chi connectivity index (χ3v) is 7.06. The van der Waals surface area contributed by atoms with Gasteiger partial charge in [0.05, 0.1) is 23.0 Å². The van der Waals surface area contributed by atoms with Gasteiger partial charge in [0.15, 0.2) is 0 Å². The van der Waals surface area contributed by atoms with E-state index in [0.717, 1.165) is 42.0 Å². The Labute approximate surface area is 217 Å². The number of methoxy groups -OCH3 is 1. The summed E-state index contributed by atoms with van der Waals surface area (Å²) in [6.07, 6.45) is 5.03. The second-order valence-electron chi connectivity index (χ2n) is 8.94. The number of nitrogens with zero attached hydrogens (tertiary/aromatic N) is 1. The molecule has 1 heterocycles. The Hall–Kier alpha value is -3.97. The fraction of sp³-hybridized carbons (Fsp3) is 0.172. The summed E-state index contributed by atoms with van der Waals surface area (Å²) in [5, 5.41) is 16.1. The molecule has 3 aromatic carbocycles. The third kappa shape index (κ3) is 4.87. The summed E-state index contributed by atoms with van der Waals surface area (Å²) in [5.74, 6) is -1.58. The summed E-state index contributed by atoms with van der Waals surface area (Å²) in [4.78, 5) is 10.9. The molecule has 2 N–H and O–H groups in total. The van der Waals surface area contributed by atoms with Crippen LogP contribution >= 0.6 is 11.6 Å². The molecule has 0 amide bonds. The Bertz CT molecular complexity index is 1570. The predicted octanol–water partition coefficient (Wildman–Crippen LogP) is 7.36. The molecule has 0 atom stereocenters. The molecule has 4 aromatic rings. The van der Waals surface area contributed by atoms with E-state index in [9.17, 15) is 9.18 Å². The van der Waals surface area contributed by atoms with Crippen molar-refractivity contribution in [3.63, 3.8) is 0 Å². The monoisotopic (exact) mass is 520 g/mol. The molecule has 5 rings (SSSR count). The number of fused-ring (bicyclic) bond motifs is 1. The number of carboxylic acid groups (broad SMARTS) is 1. The lowest BCUT2D eigenvalue weighted by Gasteiger charge is -2.32. The van der Waals surface area contributed by atoms with Crippen molar-refractivity contribution in [3.05, 3.63) is 99.7 Å². The first-order valence-corrected chi connectivity index (χ1v) is 12.2. The van der Waals surface area contributed by atoms with Gasteiger partial charge in [-0.05, 0) is 89.1 Å². The average molecular weight is 521 g/mol. The highest BCUT2D eigenvalue weighted by Gasteiger charge is 2.29. The first kappa shape index (κ1) is 24.7. The van der Waals surface area contributed by atoms with E-state index in [1.165, 1.54) is 18.2 Å². The molecular weight excluding hydrogens is 498 g/mol. The smallest absolute Gasteiger partial charge is 0.328 e. The summed E-state index contributed by atoms with van der Waals surface area (Å²) >= 11 is 6.75. The van der Waals surface area contributed by atoms with Crippen molar-refractivity contribution in [2.24, 2.45) is 5.92 Å². The standard InChI is InChI=1S/C29H23ClF2N2O3/c1-37-20-9-10-21(23(30)15-20)28(17-3-2-4-17)27(18-7-11-25-22(13-18)29(32)34-33-25)19-6-5-16(24(31)14-19)8-12-26(35)36/h5-15,17H,2-4H2,1H3,(H,33,34)(H,35,36). The summed E-state index contributed by atoms with van der Waals surface area (Å²) in [5.41, 5.74) is 4.42. The number of carbonyl (C=O) groups is 1. The zero-order valence-corrected chi connectivity index (χ0v) is 20.7. The number of hydrogen-bond donors (Lipinski definition) is 2. The lowest BCUT2D eigenvalue weighted by molar-refractivity contribution is -0.131. The highest BCUT2D eigenvalue weighted by atomic mass is 35.5. The molecule has 1 aliphatic carbocycles. The van der Waals surface area contributed by atoms with Crippen molar-refractivity contribution in [3.8, 4) is 5.75 Å². The van der Waals surface area contributed by atoms with Gasteiger partial charge in [0.25, 0.3) is 0 Å². The van der Waals surface area contributed by atoms with Gasteiger partial charge < -0.3 is 9.84 Å². The summed E-state index contributed by atoms with van der Waals surface area (Å²) < 4.78 is 35.0. The first-order valence-electron chi connectivity index (χ1n) is 11.8. The second kappa shape index (κ2) is 10.2. The minimum Gasteiger partial charge on any atom is -0.497 e. The number of rotatable bonds is 7. The van der Waals surface area contributed by atoms with Gasteiger partial charge in [-0.2, -0.15) is 4.39 Å². The number of aliphatic carboxylic acids is 1. The topological polar surface area (TPSA) is 75.2 Å². The van der Waals surface area contributed by atoms with Gasteiger partial charge in [-0.25, -0.2) is 9.18 Å². The van der Waals surface area contributed by atoms with Gasteiger partial charge in [0, 0.05) is 11.6 Å². The number of nitrogens with one attached hydrogen (secondary N) is 1. The molecule has 0 spiro atoms. The van der Waals surface area contributed by atoms with Crippen LogP contribution in [-0.4, -0.2) is 28.4 Å². The molecular formula is C29H23ClF2N2O3. The van der Waals surface area contributed by atoms with Crippen LogP contribution in [0.4, 0.5) is 8.78 Å². The van der Waals surface area contributed by atoms with E-state index in [1.54, 1.807) is 31.4 Å². The van der Waals surface area contributed by atoms with Crippen molar-refractivity contribution in [1.29, 1.82) is 0 Å². The van der Waals surface area contributed by atoms with Crippen LogP contribution < -0.4 is 4.74 Å². The van der Waals surface area contributed by atoms with Crippen molar-refractivity contribution < 1.29 is 23.4 Å². The molecule has 0 radical (unpaired) electrons. The number of halogens is 3. The van der Waals surface area contributed by atoms with Crippen molar-refractivity contribution in [2.45, 2.75) is 19.3 Å². The number of hydrogen-bond acceptors (Lipinski definition) is 3. The van der Waals surface area contributed by atoms with Crippen LogP contribution in [0.15, 0.2) is 60.7 Å². The zero-order chi connectivity index (χ0) is 26.1. The van der Waals surface area contributed by atoms with Gasteiger partial charge in [0.1, 0.15) is 11.6 Å². The SMILES string of the molecule is COc1ccc(C(=C(c2ccc(C=CC(=O)O)c(F)c2)c2ccc3[nH]nc(F)c3c2)C2CCC2)c(Cl)c1. The van der Waals surface area contributed by atoms with Crippen molar-refractivity contribution in [2.75, 3.05) is 7.11 Å². The Morgan fingerprint density at radius 1 is 1.11 bits per heavy atom. The molecule has 188 valence electrons. The fourth-order valence-electron chi connectivity index (χ4n) is 4.69. The van der Waals surface area contributed by atoms with Gasteiger partial charge in [-0.3, -0.25) is 5.10 Å². The fourth-order valence-corrected chi connectivity index (χ4v) is 4.96. The maximum atomic E-state index is 15.2. The third-order valence-electron chi connectivity index (χ3n) is 6.75. The summed E-state index contributed by atoms with van der Waals surface area (Å²) in [7, 11) is 1.57. The molecule has 1 aromatic heterocycles. The molecule has 0 unspecified atom stereocenters. The largest absolute Gasteiger partial charge is 0.497 e. The van der Waals surface area contributed by atoms with Gasteiger partial charge in [-0.1, -0.05) is 36.2 Å². The molecule has 0 aliphatic heterocycles. The van der Waals surface area contributed by atoms with E-state index in [1.807, 2.05) is 18.2 Å². The summed E-state index contributed by atoms with van der Waals surface area (Å²) in [6, 6.07) is 15.4. The van der Waals surface area contributed by atoms with E-state index in [2.05, 4.69) is 10.2 Å². The molecule has 5 nitrogen and oxygen atoms in total. The van der Waals surface area contributed by atoms with Crippen LogP contribution in [0, 0.1) is 17.7 Å². The van der Waals surface area contributed by atoms with E-state index in [-0.39, 0.29) is 11.5 Å². The quantitative estimate of drug-likeness (QED) is 0.197. The maximum absolute atomic E-state index is 15.2. The van der Waals surface area contributed by atoms with Crippen LogP contribution in [-0.2, 0) is 4.79 Å². The van der Waals surface area contributed by atoms with E-state index < -0.39 is 17.7 Å². The molecule has 1 aliphatic rings. The highest BCUT2D eigenvalue weighted by Crippen LogP contribution is 2.47. The van der Waals surface area contributed by atoms with E-state index in [4.69, 9.17) is 21.4 Å². The maximum Gasteiger partial charge on any atom is 0.328 e. The molecule has 8 heteroatoms. The molecule has 0 saturated heterocycles. The Morgan fingerprint density at radius 2 is 1.86 bits per heavy atom. The van der Waals surface area contributed by atoms with E-state index in [0.29, 0.717) is 32.8 Å². The minimum absolute atomic E-state index is 0.148. The highest BCUT2D eigenvalue weighted by molar-refractivity contribution is 6.33. The van der Waals surface area contributed by atoms with Gasteiger partial charge in [0.2, 0.25) is 5.95 Å². The van der Waals surface area contributed by atoms with E-state index >= 15 is 4.39 Å². The van der Waals surface area contributed by atoms with Crippen molar-refractivity contribution >= 4 is 45.7 Å². The van der Waals surface area contributed by atoms with Crippen LogP contribution in [0.25, 0.3) is 28.1 Å². The molecule has 37 heavy (non-hydrogen) atoms. The molecule has 1 saturated carbocycles. The van der Waals surface area contributed by atoms with Crippen LogP contribution in [0.3, 0.4) is 0 Å². The number of carboxylic acids is 1. The van der Waals surface area contributed by atoms with Crippen LogP contribution in [0.1, 0.15) is 41.5 Å². The van der Waals surface area contributed by atoms with Gasteiger partial charge >= 0.3 is 5.97 Å². The number of H-pyrrole nitrogens is 1. The predicted molar refractivity (Wildman–Crippen MR) is 140 cm³/mol. The Balaban J connectivity index is 1.79. The number of ether oxygens (including phenoxy) is 1. The lowest BCUT2D eigenvalue weighted by Crippen LogP contribution is -2.15. The Morgan fingerprint density at radius 3 is 2.51 bits per heavy atom. The zero-order valence-electron chi connectivity index (χ0n) is 19.9.